The minimum Gasteiger partial charge on any atom is -0.314 e. The van der Waals surface area contributed by atoms with Gasteiger partial charge >= 0.3 is 0 Å². The van der Waals surface area contributed by atoms with E-state index in [-0.39, 0.29) is 0 Å². The number of rotatable bonds is 2. The van der Waals surface area contributed by atoms with Crippen LogP contribution in [0.1, 0.15) is 50.2 Å². The van der Waals surface area contributed by atoms with E-state index in [2.05, 4.69) is 19.7 Å². The standard InChI is InChI=1S/C14H22N4/c1-2-8-18-12(4-1)15-16-13(18)10-17-9-7-14(11-17)5-3-6-14/h1-11H2. The third-order valence-corrected chi connectivity index (χ3v) is 5.23. The zero-order valence-electron chi connectivity index (χ0n) is 11.1. The molecule has 4 rings (SSSR count). The topological polar surface area (TPSA) is 34.0 Å². The molecule has 0 bridgehead atoms. The van der Waals surface area contributed by atoms with Crippen LogP contribution in [0.3, 0.4) is 0 Å². The highest BCUT2D eigenvalue weighted by Crippen LogP contribution is 2.48. The number of aromatic nitrogens is 3. The first-order valence-corrected chi connectivity index (χ1v) is 7.48. The fourth-order valence-corrected chi connectivity index (χ4v) is 3.93. The van der Waals surface area contributed by atoms with Crippen LogP contribution >= 0.6 is 0 Å². The van der Waals surface area contributed by atoms with Gasteiger partial charge in [-0.3, -0.25) is 4.90 Å². The second kappa shape index (κ2) is 4.05. The number of fused-ring (bicyclic) bond motifs is 1. The summed E-state index contributed by atoms with van der Waals surface area (Å²) in [5, 5.41) is 8.78. The van der Waals surface area contributed by atoms with Gasteiger partial charge in [0, 0.05) is 19.5 Å². The van der Waals surface area contributed by atoms with Crippen molar-refractivity contribution in [1.82, 2.24) is 19.7 Å². The molecule has 1 aromatic rings. The molecule has 1 spiro atoms. The lowest BCUT2D eigenvalue weighted by Crippen LogP contribution is -2.33. The summed E-state index contributed by atoms with van der Waals surface area (Å²) < 4.78 is 2.37. The van der Waals surface area contributed by atoms with Crippen molar-refractivity contribution < 1.29 is 0 Å². The first kappa shape index (κ1) is 11.0. The van der Waals surface area contributed by atoms with Crippen molar-refractivity contribution >= 4 is 0 Å². The van der Waals surface area contributed by atoms with Crippen LogP contribution in [0, 0.1) is 5.41 Å². The molecule has 0 N–H and O–H groups in total. The predicted octanol–water partition coefficient (Wildman–Crippen LogP) is 1.99. The number of hydrogen-bond acceptors (Lipinski definition) is 3. The Bertz CT molecular complexity index is 447. The van der Waals surface area contributed by atoms with Gasteiger partial charge in [0.05, 0.1) is 6.54 Å². The SMILES string of the molecule is C1CCn2c(nnc2CN2CCC3(CCC3)C2)C1. The Morgan fingerprint density at radius 2 is 1.94 bits per heavy atom. The Hall–Kier alpha value is -0.900. The van der Waals surface area contributed by atoms with Crippen molar-refractivity contribution in [2.45, 2.75) is 58.0 Å². The minimum atomic E-state index is 0.699. The van der Waals surface area contributed by atoms with Crippen LogP contribution in [0.25, 0.3) is 0 Å². The van der Waals surface area contributed by atoms with Crippen LogP contribution in [0.5, 0.6) is 0 Å². The highest BCUT2D eigenvalue weighted by molar-refractivity contribution is 5.01. The van der Waals surface area contributed by atoms with Gasteiger partial charge in [0.2, 0.25) is 0 Å². The summed E-state index contributed by atoms with van der Waals surface area (Å²) in [5.74, 6) is 2.43. The lowest BCUT2D eigenvalue weighted by atomic mass is 9.68. The average molecular weight is 246 g/mol. The Kier molecular flexibility index (Phi) is 2.47. The molecule has 0 radical (unpaired) electrons. The van der Waals surface area contributed by atoms with Crippen LogP contribution in [-0.2, 0) is 19.5 Å². The maximum atomic E-state index is 4.42. The third kappa shape index (κ3) is 1.69. The second-order valence-corrected chi connectivity index (χ2v) is 6.46. The summed E-state index contributed by atoms with van der Waals surface area (Å²) in [7, 11) is 0. The molecule has 1 saturated heterocycles. The van der Waals surface area contributed by atoms with Crippen LogP contribution in [-0.4, -0.2) is 32.8 Å². The summed E-state index contributed by atoms with van der Waals surface area (Å²) in [4.78, 5) is 2.60. The van der Waals surface area contributed by atoms with Crippen molar-refractivity contribution in [2.24, 2.45) is 5.41 Å². The van der Waals surface area contributed by atoms with Gasteiger partial charge in [-0.1, -0.05) is 6.42 Å². The molecule has 18 heavy (non-hydrogen) atoms. The number of nitrogens with zero attached hydrogens (tertiary/aromatic N) is 4. The van der Waals surface area contributed by atoms with E-state index in [0.717, 1.165) is 19.5 Å². The molecule has 3 aliphatic rings. The highest BCUT2D eigenvalue weighted by Gasteiger charge is 2.42. The molecular formula is C14H22N4. The van der Waals surface area contributed by atoms with E-state index >= 15 is 0 Å². The molecular weight excluding hydrogens is 224 g/mol. The fraction of sp³-hybridized carbons (Fsp3) is 0.857. The summed E-state index contributed by atoms with van der Waals surface area (Å²) in [5.41, 5.74) is 0.699. The molecule has 3 heterocycles. The van der Waals surface area contributed by atoms with E-state index in [0.29, 0.717) is 5.41 Å². The highest BCUT2D eigenvalue weighted by atomic mass is 15.3. The van der Waals surface area contributed by atoms with Gasteiger partial charge in [0.15, 0.2) is 0 Å². The molecule has 4 nitrogen and oxygen atoms in total. The van der Waals surface area contributed by atoms with Crippen molar-refractivity contribution in [3.05, 3.63) is 11.6 Å². The van der Waals surface area contributed by atoms with Crippen LogP contribution in [0.2, 0.25) is 0 Å². The van der Waals surface area contributed by atoms with Crippen LogP contribution in [0.15, 0.2) is 0 Å². The van der Waals surface area contributed by atoms with E-state index in [1.807, 2.05) is 0 Å². The Morgan fingerprint density at radius 1 is 1.00 bits per heavy atom. The largest absolute Gasteiger partial charge is 0.314 e. The Morgan fingerprint density at radius 3 is 2.72 bits per heavy atom. The minimum absolute atomic E-state index is 0.699. The van der Waals surface area contributed by atoms with Gasteiger partial charge < -0.3 is 4.57 Å². The molecule has 0 unspecified atom stereocenters. The van der Waals surface area contributed by atoms with Crippen molar-refractivity contribution in [1.29, 1.82) is 0 Å². The zero-order valence-corrected chi connectivity index (χ0v) is 11.1. The maximum Gasteiger partial charge on any atom is 0.147 e. The number of hydrogen-bond donors (Lipinski definition) is 0. The summed E-state index contributed by atoms with van der Waals surface area (Å²) in [6.45, 7) is 4.72. The Labute approximate surface area is 108 Å². The molecule has 4 heteroatoms. The number of aryl methyl sites for hydroxylation is 1. The van der Waals surface area contributed by atoms with Crippen molar-refractivity contribution in [3.63, 3.8) is 0 Å². The van der Waals surface area contributed by atoms with E-state index in [1.165, 1.54) is 63.3 Å². The normalized spacial score (nSPS) is 26.2. The van der Waals surface area contributed by atoms with E-state index in [1.54, 1.807) is 0 Å². The van der Waals surface area contributed by atoms with E-state index in [4.69, 9.17) is 0 Å². The molecule has 98 valence electrons. The summed E-state index contributed by atoms with van der Waals surface area (Å²) in [6, 6.07) is 0. The maximum absolute atomic E-state index is 4.42. The fourth-order valence-electron chi connectivity index (χ4n) is 3.93. The van der Waals surface area contributed by atoms with Gasteiger partial charge in [0.1, 0.15) is 11.6 Å². The lowest BCUT2D eigenvalue weighted by Gasteiger charge is -2.38. The van der Waals surface area contributed by atoms with Gasteiger partial charge in [-0.25, -0.2) is 0 Å². The molecule has 2 aliphatic heterocycles. The first-order chi connectivity index (χ1) is 8.85. The third-order valence-electron chi connectivity index (χ3n) is 5.23. The van der Waals surface area contributed by atoms with Gasteiger partial charge in [0.25, 0.3) is 0 Å². The van der Waals surface area contributed by atoms with Crippen LogP contribution < -0.4 is 0 Å². The first-order valence-electron chi connectivity index (χ1n) is 7.48. The molecule has 1 aromatic heterocycles. The van der Waals surface area contributed by atoms with E-state index in [9.17, 15) is 0 Å². The molecule has 1 saturated carbocycles. The molecule has 1 aliphatic carbocycles. The van der Waals surface area contributed by atoms with Gasteiger partial charge in [-0.15, -0.1) is 10.2 Å². The molecule has 0 atom stereocenters. The summed E-state index contributed by atoms with van der Waals surface area (Å²) in [6.07, 6.45) is 9.48. The monoisotopic (exact) mass is 246 g/mol. The predicted molar refractivity (Wildman–Crippen MR) is 69.1 cm³/mol. The molecule has 0 amide bonds. The smallest absolute Gasteiger partial charge is 0.147 e. The van der Waals surface area contributed by atoms with Gasteiger partial charge in [-0.05, 0) is 44.1 Å². The molecule has 2 fully saturated rings. The average Bonchev–Trinajstić information content (AvgIpc) is 2.95. The lowest BCUT2D eigenvalue weighted by molar-refractivity contribution is 0.136. The second-order valence-electron chi connectivity index (χ2n) is 6.46. The van der Waals surface area contributed by atoms with Crippen molar-refractivity contribution in [2.75, 3.05) is 13.1 Å². The van der Waals surface area contributed by atoms with E-state index < -0.39 is 0 Å². The zero-order chi connectivity index (χ0) is 12.0. The van der Waals surface area contributed by atoms with Gasteiger partial charge in [-0.2, -0.15) is 0 Å². The van der Waals surface area contributed by atoms with Crippen molar-refractivity contribution in [3.8, 4) is 0 Å². The Balaban J connectivity index is 1.47. The quantitative estimate of drug-likeness (QED) is 0.800. The molecule has 0 aromatic carbocycles. The summed E-state index contributed by atoms with van der Waals surface area (Å²) >= 11 is 0. The number of likely N-dealkylation sites (tertiary alicyclic amines) is 1. The van der Waals surface area contributed by atoms with Crippen LogP contribution in [0.4, 0.5) is 0 Å².